The summed E-state index contributed by atoms with van der Waals surface area (Å²) < 4.78 is 0. The first-order valence-electron chi connectivity index (χ1n) is 5.44. The third-order valence-corrected chi connectivity index (χ3v) is 2.56. The van der Waals surface area contributed by atoms with E-state index in [4.69, 9.17) is 0 Å². The first kappa shape index (κ1) is 11.2. The van der Waals surface area contributed by atoms with E-state index >= 15 is 0 Å². The van der Waals surface area contributed by atoms with Gasteiger partial charge in [0.15, 0.2) is 0 Å². The Morgan fingerprint density at radius 3 is 2.12 bits per heavy atom. The van der Waals surface area contributed by atoms with Crippen LogP contribution in [0.15, 0.2) is 53.8 Å². The molecule has 0 amide bonds. The van der Waals surface area contributed by atoms with Gasteiger partial charge in [0, 0.05) is 12.4 Å². The molecule has 0 fully saturated rings. The van der Waals surface area contributed by atoms with Crippen LogP contribution in [0.2, 0.25) is 0 Å². The van der Waals surface area contributed by atoms with Crippen LogP contribution in [-0.4, -0.2) is 11.1 Å². The van der Waals surface area contributed by atoms with Gasteiger partial charge in [-0.25, -0.2) is 4.79 Å². The highest BCUT2D eigenvalue weighted by molar-refractivity contribution is 5.49. The molecular formula is C14H12N2O. The van der Waals surface area contributed by atoms with Crippen LogP contribution in [0, 0.1) is 0 Å². The van der Waals surface area contributed by atoms with Crippen molar-refractivity contribution in [2.45, 2.75) is 12.8 Å². The Morgan fingerprint density at radius 1 is 0.941 bits per heavy atom. The van der Waals surface area contributed by atoms with E-state index in [1.54, 1.807) is 12.4 Å². The van der Waals surface area contributed by atoms with Crippen LogP contribution >= 0.6 is 0 Å². The number of benzene rings is 1. The molecule has 3 nitrogen and oxygen atoms in total. The van der Waals surface area contributed by atoms with E-state index < -0.39 is 0 Å². The Morgan fingerprint density at radius 2 is 1.53 bits per heavy atom. The average Bonchev–Trinajstić information content (AvgIpc) is 2.40. The van der Waals surface area contributed by atoms with Gasteiger partial charge < -0.3 is 0 Å². The number of aryl methyl sites for hydroxylation is 2. The highest BCUT2D eigenvalue weighted by Crippen LogP contribution is 2.13. The molecule has 2 aromatic rings. The molecule has 0 unspecified atom stereocenters. The SMILES string of the molecule is O=C=Nc1ccc(CCc2ccncc2)cc1. The number of aromatic nitrogens is 1. The fourth-order valence-electron chi connectivity index (χ4n) is 1.63. The number of pyridine rings is 1. The molecule has 0 bridgehead atoms. The predicted octanol–water partition coefficient (Wildman–Crippen LogP) is 2.83. The first-order valence-corrected chi connectivity index (χ1v) is 5.44. The largest absolute Gasteiger partial charge is 0.265 e. The Kier molecular flexibility index (Phi) is 3.79. The lowest BCUT2D eigenvalue weighted by atomic mass is 10.1. The monoisotopic (exact) mass is 224 g/mol. The topological polar surface area (TPSA) is 42.3 Å². The van der Waals surface area contributed by atoms with Crippen molar-refractivity contribution in [2.75, 3.05) is 0 Å². The lowest BCUT2D eigenvalue weighted by molar-refractivity contribution is 0.565. The lowest BCUT2D eigenvalue weighted by Crippen LogP contribution is -1.90. The van der Waals surface area contributed by atoms with Crippen LogP contribution < -0.4 is 0 Å². The number of carbonyl (C=O) groups excluding carboxylic acids is 1. The summed E-state index contributed by atoms with van der Waals surface area (Å²) in [5.41, 5.74) is 3.15. The van der Waals surface area contributed by atoms with Gasteiger partial charge in [-0.3, -0.25) is 4.98 Å². The van der Waals surface area contributed by atoms with Crippen molar-refractivity contribution < 1.29 is 4.79 Å². The van der Waals surface area contributed by atoms with E-state index in [-0.39, 0.29) is 0 Å². The molecule has 0 aliphatic rings. The van der Waals surface area contributed by atoms with E-state index in [9.17, 15) is 4.79 Å². The number of aliphatic imine (C=N–C) groups is 1. The molecule has 1 heterocycles. The molecule has 17 heavy (non-hydrogen) atoms. The zero-order valence-corrected chi connectivity index (χ0v) is 9.34. The van der Waals surface area contributed by atoms with Crippen molar-refractivity contribution in [3.63, 3.8) is 0 Å². The van der Waals surface area contributed by atoms with Crippen molar-refractivity contribution in [3.8, 4) is 0 Å². The van der Waals surface area contributed by atoms with Crippen LogP contribution in [0.5, 0.6) is 0 Å². The van der Waals surface area contributed by atoms with Crippen molar-refractivity contribution >= 4 is 11.8 Å². The molecule has 0 saturated heterocycles. The molecular weight excluding hydrogens is 212 g/mol. The number of isocyanates is 1. The van der Waals surface area contributed by atoms with E-state index in [1.165, 1.54) is 17.2 Å². The average molecular weight is 224 g/mol. The van der Waals surface area contributed by atoms with Gasteiger partial charge in [0.25, 0.3) is 0 Å². The maximum atomic E-state index is 10.1. The van der Waals surface area contributed by atoms with Gasteiger partial charge >= 0.3 is 0 Å². The second-order valence-corrected chi connectivity index (χ2v) is 3.72. The minimum atomic E-state index is 0.646. The number of nitrogens with zero attached hydrogens (tertiary/aromatic N) is 2. The van der Waals surface area contributed by atoms with Crippen molar-refractivity contribution in [2.24, 2.45) is 4.99 Å². The zero-order chi connectivity index (χ0) is 11.9. The quantitative estimate of drug-likeness (QED) is 0.592. The molecule has 84 valence electrons. The molecule has 0 aliphatic carbocycles. The van der Waals surface area contributed by atoms with Crippen molar-refractivity contribution in [3.05, 3.63) is 59.9 Å². The van der Waals surface area contributed by atoms with E-state index in [0.717, 1.165) is 12.8 Å². The molecule has 0 radical (unpaired) electrons. The van der Waals surface area contributed by atoms with Gasteiger partial charge in [-0.15, -0.1) is 0 Å². The van der Waals surface area contributed by atoms with Crippen molar-refractivity contribution in [1.82, 2.24) is 4.98 Å². The van der Waals surface area contributed by atoms with Crippen LogP contribution in [0.1, 0.15) is 11.1 Å². The molecule has 1 aromatic heterocycles. The summed E-state index contributed by atoms with van der Waals surface area (Å²) >= 11 is 0. The summed E-state index contributed by atoms with van der Waals surface area (Å²) in [6.45, 7) is 0. The maximum Gasteiger partial charge on any atom is 0.240 e. The van der Waals surface area contributed by atoms with Crippen molar-refractivity contribution in [1.29, 1.82) is 0 Å². The van der Waals surface area contributed by atoms with E-state index in [2.05, 4.69) is 9.98 Å². The van der Waals surface area contributed by atoms with E-state index in [1.807, 2.05) is 36.4 Å². The first-order chi connectivity index (χ1) is 8.38. The number of hydrogen-bond acceptors (Lipinski definition) is 3. The standard InChI is InChI=1S/C14H12N2O/c17-11-16-14-5-3-12(4-6-14)1-2-13-7-9-15-10-8-13/h3-10H,1-2H2. The normalized spacial score (nSPS) is 9.65. The summed E-state index contributed by atoms with van der Waals surface area (Å²) in [6.07, 6.45) is 7.09. The minimum Gasteiger partial charge on any atom is -0.265 e. The van der Waals surface area contributed by atoms with Gasteiger partial charge in [-0.2, -0.15) is 4.99 Å². The Labute approximate surface area is 99.9 Å². The molecule has 1 aromatic carbocycles. The third kappa shape index (κ3) is 3.37. The Balaban J connectivity index is 1.98. The third-order valence-electron chi connectivity index (χ3n) is 2.56. The molecule has 2 rings (SSSR count). The van der Waals surface area contributed by atoms with E-state index in [0.29, 0.717) is 5.69 Å². The van der Waals surface area contributed by atoms with Gasteiger partial charge in [0.1, 0.15) is 0 Å². The molecule has 0 atom stereocenters. The van der Waals surface area contributed by atoms with Gasteiger partial charge in [0.2, 0.25) is 6.08 Å². The van der Waals surface area contributed by atoms with Gasteiger partial charge in [-0.1, -0.05) is 12.1 Å². The van der Waals surface area contributed by atoms with Crippen LogP contribution in [0.3, 0.4) is 0 Å². The zero-order valence-electron chi connectivity index (χ0n) is 9.34. The van der Waals surface area contributed by atoms with Crippen LogP contribution in [0.25, 0.3) is 0 Å². The predicted molar refractivity (Wildman–Crippen MR) is 65.9 cm³/mol. The lowest BCUT2D eigenvalue weighted by Gasteiger charge is -2.01. The number of hydrogen-bond donors (Lipinski definition) is 0. The summed E-state index contributed by atoms with van der Waals surface area (Å²) in [7, 11) is 0. The summed E-state index contributed by atoms with van der Waals surface area (Å²) in [5.74, 6) is 0. The highest BCUT2D eigenvalue weighted by Gasteiger charge is 1.96. The fourth-order valence-corrected chi connectivity index (χ4v) is 1.63. The van der Waals surface area contributed by atoms with Crippen LogP contribution in [-0.2, 0) is 17.6 Å². The second kappa shape index (κ2) is 5.73. The minimum absolute atomic E-state index is 0.646. The summed E-state index contributed by atoms with van der Waals surface area (Å²) in [6, 6.07) is 11.7. The van der Waals surface area contributed by atoms with Crippen LogP contribution in [0.4, 0.5) is 5.69 Å². The second-order valence-electron chi connectivity index (χ2n) is 3.72. The Bertz CT molecular complexity index is 514. The summed E-state index contributed by atoms with van der Waals surface area (Å²) in [4.78, 5) is 17.6. The highest BCUT2D eigenvalue weighted by atomic mass is 16.1. The molecule has 0 aliphatic heterocycles. The molecule has 0 saturated carbocycles. The van der Waals surface area contributed by atoms with Gasteiger partial charge in [0.05, 0.1) is 5.69 Å². The molecule has 0 N–H and O–H groups in total. The summed E-state index contributed by atoms with van der Waals surface area (Å²) in [5, 5.41) is 0. The Hall–Kier alpha value is -2.25. The molecule has 0 spiro atoms. The van der Waals surface area contributed by atoms with Gasteiger partial charge in [-0.05, 0) is 48.2 Å². The smallest absolute Gasteiger partial charge is 0.240 e. The molecule has 3 heteroatoms. The maximum absolute atomic E-state index is 10.1. The number of rotatable bonds is 4. The fraction of sp³-hybridized carbons (Fsp3) is 0.143.